The van der Waals surface area contributed by atoms with Crippen LogP contribution in [0.1, 0.15) is 26.7 Å². The Balaban J connectivity index is 3.11. The Morgan fingerprint density at radius 2 is 2.30 bits per heavy atom. The highest BCUT2D eigenvalue weighted by Gasteiger charge is 1.98. The number of carbonyl (C=O) groups is 1. The summed E-state index contributed by atoms with van der Waals surface area (Å²) in [6.07, 6.45) is 2.08. The topological polar surface area (TPSA) is 26.3 Å². The van der Waals surface area contributed by atoms with Gasteiger partial charge in [0.05, 0.1) is 13.5 Å². The van der Waals surface area contributed by atoms with Gasteiger partial charge in [-0.25, -0.2) is 0 Å². The van der Waals surface area contributed by atoms with Crippen LogP contribution in [0.4, 0.5) is 0 Å². The van der Waals surface area contributed by atoms with Gasteiger partial charge in [0.2, 0.25) is 0 Å². The first-order valence-electron chi connectivity index (χ1n) is 3.65. The molecule has 59 valence electrons. The second-order valence-corrected chi connectivity index (χ2v) is 2.52. The second kappa shape index (κ2) is 5.27. The molecule has 1 unspecified atom stereocenters. The highest BCUT2D eigenvalue weighted by Crippen LogP contribution is 2.05. The Bertz CT molecular complexity index is 99.4. The monoisotopic (exact) mass is 143 g/mol. The number of hydrogen-bond donors (Lipinski definition) is 0. The van der Waals surface area contributed by atoms with Crippen molar-refractivity contribution < 1.29 is 9.53 Å². The summed E-state index contributed by atoms with van der Waals surface area (Å²) in [5.41, 5.74) is 0. The highest BCUT2D eigenvalue weighted by atomic mass is 16.5. The van der Waals surface area contributed by atoms with Crippen LogP contribution in [0.15, 0.2) is 0 Å². The first-order valence-corrected chi connectivity index (χ1v) is 3.65. The van der Waals surface area contributed by atoms with Gasteiger partial charge >= 0.3 is 5.97 Å². The quantitative estimate of drug-likeness (QED) is 0.561. The lowest BCUT2D eigenvalue weighted by atomic mass is 10.1. The first kappa shape index (κ1) is 9.47. The van der Waals surface area contributed by atoms with E-state index in [1.165, 1.54) is 0 Å². The van der Waals surface area contributed by atoms with Crippen LogP contribution >= 0.6 is 0 Å². The van der Waals surface area contributed by atoms with Crippen LogP contribution in [-0.4, -0.2) is 12.6 Å². The average molecular weight is 143 g/mol. The predicted molar refractivity (Wildman–Crippen MR) is 40.4 cm³/mol. The van der Waals surface area contributed by atoms with Crippen LogP contribution in [0.2, 0.25) is 0 Å². The zero-order valence-corrected chi connectivity index (χ0v) is 6.72. The molecule has 1 atom stereocenters. The van der Waals surface area contributed by atoms with Gasteiger partial charge in [-0.05, 0) is 12.3 Å². The van der Waals surface area contributed by atoms with E-state index in [0.29, 0.717) is 12.5 Å². The Hall–Kier alpha value is -0.530. The second-order valence-electron chi connectivity index (χ2n) is 2.52. The minimum Gasteiger partial charge on any atom is -0.466 e. The zero-order valence-electron chi connectivity index (χ0n) is 6.72. The SMILES string of the molecule is [CH2]C(=O)OCCC(C)CC. The molecule has 10 heavy (non-hydrogen) atoms. The normalized spacial score (nSPS) is 12.7. The van der Waals surface area contributed by atoms with Crippen LogP contribution in [0.25, 0.3) is 0 Å². The number of hydrogen-bond acceptors (Lipinski definition) is 2. The molecular formula is C8H15O2. The van der Waals surface area contributed by atoms with Crippen LogP contribution in [0.5, 0.6) is 0 Å². The van der Waals surface area contributed by atoms with Crippen molar-refractivity contribution in [1.29, 1.82) is 0 Å². The van der Waals surface area contributed by atoms with Crippen LogP contribution in [0.3, 0.4) is 0 Å². The van der Waals surface area contributed by atoms with Gasteiger partial charge in [-0.1, -0.05) is 20.3 Å². The molecule has 0 rings (SSSR count). The molecule has 0 bridgehead atoms. The van der Waals surface area contributed by atoms with Crippen molar-refractivity contribution in [3.05, 3.63) is 6.92 Å². The minimum atomic E-state index is -0.427. The van der Waals surface area contributed by atoms with Crippen LogP contribution in [0, 0.1) is 12.8 Å². The van der Waals surface area contributed by atoms with Crippen molar-refractivity contribution in [3.8, 4) is 0 Å². The molecular weight excluding hydrogens is 128 g/mol. The predicted octanol–water partition coefficient (Wildman–Crippen LogP) is 1.80. The number of ether oxygens (including phenoxy) is 1. The molecule has 0 aliphatic carbocycles. The number of rotatable bonds is 4. The maximum Gasteiger partial charge on any atom is 0.306 e. The minimum absolute atomic E-state index is 0.427. The maximum absolute atomic E-state index is 10.2. The van der Waals surface area contributed by atoms with Gasteiger partial charge in [0.25, 0.3) is 0 Å². The largest absolute Gasteiger partial charge is 0.466 e. The van der Waals surface area contributed by atoms with Crippen molar-refractivity contribution in [3.63, 3.8) is 0 Å². The Labute approximate surface area is 62.6 Å². The third kappa shape index (κ3) is 5.60. The van der Waals surface area contributed by atoms with E-state index in [1.54, 1.807) is 0 Å². The fraction of sp³-hybridized carbons (Fsp3) is 0.750. The van der Waals surface area contributed by atoms with Crippen molar-refractivity contribution >= 4 is 5.97 Å². The third-order valence-electron chi connectivity index (χ3n) is 1.57. The fourth-order valence-corrected chi connectivity index (χ4v) is 0.578. The molecule has 2 nitrogen and oxygen atoms in total. The lowest BCUT2D eigenvalue weighted by Crippen LogP contribution is -2.04. The summed E-state index contributed by atoms with van der Waals surface area (Å²) in [4.78, 5) is 10.2. The lowest BCUT2D eigenvalue weighted by Gasteiger charge is -2.06. The highest BCUT2D eigenvalue weighted by molar-refractivity contribution is 5.73. The van der Waals surface area contributed by atoms with Gasteiger partial charge in [0.1, 0.15) is 0 Å². The van der Waals surface area contributed by atoms with Crippen molar-refractivity contribution in [2.75, 3.05) is 6.61 Å². The molecule has 0 N–H and O–H groups in total. The van der Waals surface area contributed by atoms with E-state index in [-0.39, 0.29) is 0 Å². The molecule has 0 spiro atoms. The number of esters is 1. The van der Waals surface area contributed by atoms with Crippen LogP contribution < -0.4 is 0 Å². The average Bonchev–Trinajstić information content (AvgIpc) is 1.87. The van der Waals surface area contributed by atoms with Gasteiger partial charge in [0.15, 0.2) is 0 Å². The first-order chi connectivity index (χ1) is 4.66. The Morgan fingerprint density at radius 3 is 2.70 bits per heavy atom. The van der Waals surface area contributed by atoms with Gasteiger partial charge in [0, 0.05) is 0 Å². The molecule has 0 saturated carbocycles. The Kier molecular flexibility index (Phi) is 4.99. The lowest BCUT2D eigenvalue weighted by molar-refractivity contribution is -0.138. The van der Waals surface area contributed by atoms with E-state index in [9.17, 15) is 4.79 Å². The molecule has 2 heteroatoms. The summed E-state index contributed by atoms with van der Waals surface area (Å²) in [5, 5.41) is 0. The zero-order chi connectivity index (χ0) is 7.98. The molecule has 0 aromatic rings. The van der Waals surface area contributed by atoms with E-state index in [0.717, 1.165) is 12.8 Å². The van der Waals surface area contributed by atoms with Crippen molar-refractivity contribution in [1.82, 2.24) is 0 Å². The van der Waals surface area contributed by atoms with Gasteiger partial charge < -0.3 is 4.74 Å². The van der Waals surface area contributed by atoms with Gasteiger partial charge in [-0.2, -0.15) is 0 Å². The van der Waals surface area contributed by atoms with E-state index < -0.39 is 5.97 Å². The molecule has 0 fully saturated rings. The molecule has 0 aliphatic heterocycles. The molecule has 1 radical (unpaired) electrons. The van der Waals surface area contributed by atoms with Crippen molar-refractivity contribution in [2.45, 2.75) is 26.7 Å². The molecule has 0 aromatic heterocycles. The van der Waals surface area contributed by atoms with E-state index in [2.05, 4.69) is 25.5 Å². The molecule has 0 saturated heterocycles. The molecule has 0 heterocycles. The van der Waals surface area contributed by atoms with Gasteiger partial charge in [-0.15, -0.1) is 0 Å². The van der Waals surface area contributed by atoms with Gasteiger partial charge in [-0.3, -0.25) is 4.79 Å². The van der Waals surface area contributed by atoms with Crippen LogP contribution in [-0.2, 0) is 9.53 Å². The van der Waals surface area contributed by atoms with E-state index >= 15 is 0 Å². The van der Waals surface area contributed by atoms with E-state index in [1.807, 2.05) is 0 Å². The fourth-order valence-electron chi connectivity index (χ4n) is 0.578. The summed E-state index contributed by atoms with van der Waals surface area (Å²) in [6, 6.07) is 0. The Morgan fingerprint density at radius 1 is 1.70 bits per heavy atom. The third-order valence-corrected chi connectivity index (χ3v) is 1.57. The summed E-state index contributed by atoms with van der Waals surface area (Å²) in [6.45, 7) is 7.87. The summed E-state index contributed by atoms with van der Waals surface area (Å²) in [5.74, 6) is 0.211. The smallest absolute Gasteiger partial charge is 0.306 e. The van der Waals surface area contributed by atoms with Crippen molar-refractivity contribution in [2.24, 2.45) is 5.92 Å². The summed E-state index contributed by atoms with van der Waals surface area (Å²) in [7, 11) is 0. The maximum atomic E-state index is 10.2. The standard InChI is InChI=1S/C8H15O2/c1-4-7(2)5-6-10-8(3)9/h7H,3-6H2,1-2H3. The number of carbonyl (C=O) groups excluding carboxylic acids is 1. The van der Waals surface area contributed by atoms with E-state index in [4.69, 9.17) is 0 Å². The molecule has 0 amide bonds. The molecule has 0 aliphatic rings. The summed E-state index contributed by atoms with van der Waals surface area (Å²) >= 11 is 0. The summed E-state index contributed by atoms with van der Waals surface area (Å²) < 4.78 is 4.66. The molecule has 0 aromatic carbocycles.